The molecule has 3 rings (SSSR count). The van der Waals surface area contributed by atoms with Crippen LogP contribution in [0.1, 0.15) is 41.9 Å². The van der Waals surface area contributed by atoms with Gasteiger partial charge in [-0.05, 0) is 80.6 Å². The van der Waals surface area contributed by atoms with Crippen LogP contribution < -0.4 is 0 Å². The maximum atomic E-state index is 12.4. The van der Waals surface area contributed by atoms with Crippen LogP contribution in [-0.4, -0.2) is 9.97 Å². The summed E-state index contributed by atoms with van der Waals surface area (Å²) in [5, 5.41) is 0. The first-order valence-electron chi connectivity index (χ1n) is 9.04. The molecule has 0 saturated heterocycles. The number of allylic oxidation sites excluding steroid dienone is 1. The number of rotatable bonds is 2. The van der Waals surface area contributed by atoms with Crippen molar-refractivity contribution in [2.75, 3.05) is 0 Å². The topological polar surface area (TPSA) is 25.8 Å². The van der Waals surface area contributed by atoms with E-state index in [9.17, 15) is 4.39 Å². The summed E-state index contributed by atoms with van der Waals surface area (Å²) in [6.45, 7) is 13.8. The summed E-state index contributed by atoms with van der Waals surface area (Å²) in [6, 6.07) is 14.7. The Morgan fingerprint density at radius 2 is 1.74 bits per heavy atom. The van der Waals surface area contributed by atoms with Crippen LogP contribution in [0, 0.1) is 26.6 Å². The Bertz CT molecular complexity index is 818. The minimum Gasteiger partial charge on any atom is -0.261 e. The summed E-state index contributed by atoms with van der Waals surface area (Å²) in [5.74, 6) is -0.144. The van der Waals surface area contributed by atoms with Gasteiger partial charge in [0, 0.05) is 18.1 Å². The third-order valence-electron chi connectivity index (χ3n) is 3.92. The Labute approximate surface area is 162 Å². The van der Waals surface area contributed by atoms with Crippen LogP contribution >= 0.6 is 0 Å². The molecule has 0 amide bonds. The quantitative estimate of drug-likeness (QED) is 0.518. The van der Waals surface area contributed by atoms with Crippen molar-refractivity contribution in [2.24, 2.45) is 0 Å². The van der Waals surface area contributed by atoms with Gasteiger partial charge in [0.25, 0.3) is 0 Å². The second-order valence-electron chi connectivity index (χ2n) is 6.39. The molecule has 0 aliphatic heterocycles. The third kappa shape index (κ3) is 8.91. The standard InChI is InChI=1S/C9H11N.C8H9F.C7H9N/c1-7(2)9-5-4-8(3)6-10-9;1-2-7-4-3-5-8(9)6-7;1-6-4-3-5-8-7(6)2/h4-6H,1H2,2-3H3;3-6H,2H2,1H3;3-5H,1-2H3. The Hall–Kier alpha value is -2.81. The van der Waals surface area contributed by atoms with E-state index in [4.69, 9.17) is 0 Å². The second-order valence-corrected chi connectivity index (χ2v) is 6.39. The molecule has 0 bridgehead atoms. The van der Waals surface area contributed by atoms with Gasteiger partial charge < -0.3 is 0 Å². The number of benzene rings is 1. The van der Waals surface area contributed by atoms with Crippen LogP contribution in [0.25, 0.3) is 5.57 Å². The van der Waals surface area contributed by atoms with Gasteiger partial charge >= 0.3 is 0 Å². The molecule has 0 spiro atoms. The van der Waals surface area contributed by atoms with E-state index in [-0.39, 0.29) is 5.82 Å². The van der Waals surface area contributed by atoms with Crippen molar-refractivity contribution < 1.29 is 4.39 Å². The minimum atomic E-state index is -0.144. The number of hydrogen-bond acceptors (Lipinski definition) is 2. The Balaban J connectivity index is 0.000000204. The zero-order valence-corrected chi connectivity index (χ0v) is 17.0. The molecule has 0 unspecified atom stereocenters. The van der Waals surface area contributed by atoms with Gasteiger partial charge in [-0.2, -0.15) is 0 Å². The summed E-state index contributed by atoms with van der Waals surface area (Å²) >= 11 is 0. The Morgan fingerprint density at radius 3 is 2.15 bits per heavy atom. The van der Waals surface area contributed by atoms with Gasteiger partial charge in [0.05, 0.1) is 5.69 Å². The van der Waals surface area contributed by atoms with Crippen LogP contribution in [0.4, 0.5) is 4.39 Å². The van der Waals surface area contributed by atoms with Gasteiger partial charge in [0.15, 0.2) is 0 Å². The third-order valence-corrected chi connectivity index (χ3v) is 3.92. The highest BCUT2D eigenvalue weighted by Crippen LogP contribution is 2.07. The fraction of sp³-hybridized carbons (Fsp3) is 0.250. The van der Waals surface area contributed by atoms with Crippen LogP contribution in [0.3, 0.4) is 0 Å². The molecule has 142 valence electrons. The SMILES string of the molecule is C=C(C)c1ccc(C)cn1.CCc1cccc(F)c1.Cc1cccnc1C. The molecule has 0 atom stereocenters. The molecule has 3 aromatic rings. The van der Waals surface area contributed by atoms with Crippen LogP contribution in [-0.2, 0) is 6.42 Å². The van der Waals surface area contributed by atoms with Gasteiger partial charge in [-0.15, -0.1) is 0 Å². The largest absolute Gasteiger partial charge is 0.261 e. The number of aromatic nitrogens is 2. The molecule has 0 saturated carbocycles. The molecule has 27 heavy (non-hydrogen) atoms. The van der Waals surface area contributed by atoms with Gasteiger partial charge in [-0.3, -0.25) is 9.97 Å². The molecule has 0 radical (unpaired) electrons. The van der Waals surface area contributed by atoms with Crippen molar-refractivity contribution in [3.63, 3.8) is 0 Å². The van der Waals surface area contributed by atoms with Gasteiger partial charge in [0.1, 0.15) is 5.82 Å². The van der Waals surface area contributed by atoms with E-state index in [1.807, 2.05) is 64.4 Å². The van der Waals surface area contributed by atoms with E-state index >= 15 is 0 Å². The van der Waals surface area contributed by atoms with E-state index in [1.165, 1.54) is 17.2 Å². The smallest absolute Gasteiger partial charge is 0.123 e. The zero-order chi connectivity index (χ0) is 20.2. The van der Waals surface area contributed by atoms with Crippen LogP contribution in [0.2, 0.25) is 0 Å². The maximum absolute atomic E-state index is 12.4. The first kappa shape index (κ1) is 22.2. The molecule has 2 heterocycles. The predicted molar refractivity (Wildman–Crippen MR) is 113 cm³/mol. The van der Waals surface area contributed by atoms with Gasteiger partial charge in [-0.1, -0.05) is 37.8 Å². The summed E-state index contributed by atoms with van der Waals surface area (Å²) in [6.07, 6.45) is 4.56. The molecule has 3 heteroatoms. The van der Waals surface area contributed by atoms with E-state index in [0.29, 0.717) is 0 Å². The van der Waals surface area contributed by atoms with E-state index in [0.717, 1.165) is 28.9 Å². The number of pyridine rings is 2. The highest BCUT2D eigenvalue weighted by molar-refractivity contribution is 5.57. The molecular formula is C24H29FN2. The highest BCUT2D eigenvalue weighted by atomic mass is 19.1. The monoisotopic (exact) mass is 364 g/mol. The molecule has 0 aliphatic rings. The zero-order valence-electron chi connectivity index (χ0n) is 17.0. The molecule has 2 nitrogen and oxygen atoms in total. The first-order chi connectivity index (χ1) is 12.8. The normalized spacial score (nSPS) is 9.41. The van der Waals surface area contributed by atoms with Crippen molar-refractivity contribution in [2.45, 2.75) is 41.0 Å². The number of nitrogens with zero attached hydrogens (tertiary/aromatic N) is 2. The fourth-order valence-corrected chi connectivity index (χ4v) is 2.04. The van der Waals surface area contributed by atoms with E-state index in [2.05, 4.69) is 29.5 Å². The van der Waals surface area contributed by atoms with Gasteiger partial charge in [-0.25, -0.2) is 4.39 Å². The van der Waals surface area contributed by atoms with Crippen LogP contribution in [0.15, 0.2) is 67.5 Å². The number of halogens is 1. The lowest BCUT2D eigenvalue weighted by Gasteiger charge is -1.96. The summed E-state index contributed by atoms with van der Waals surface area (Å²) in [5.41, 5.74) is 6.60. The Kier molecular flexibility index (Phi) is 9.66. The van der Waals surface area contributed by atoms with Crippen molar-refractivity contribution in [1.29, 1.82) is 0 Å². The molecule has 0 N–H and O–H groups in total. The number of aryl methyl sites for hydroxylation is 4. The van der Waals surface area contributed by atoms with Crippen molar-refractivity contribution >= 4 is 5.57 Å². The lowest BCUT2D eigenvalue weighted by Crippen LogP contribution is -1.83. The summed E-state index contributed by atoms with van der Waals surface area (Å²) in [4.78, 5) is 8.26. The van der Waals surface area contributed by atoms with Crippen molar-refractivity contribution in [3.8, 4) is 0 Å². The molecule has 2 aromatic heterocycles. The summed E-state index contributed by atoms with van der Waals surface area (Å²) < 4.78 is 12.4. The lowest BCUT2D eigenvalue weighted by atomic mass is 10.2. The van der Waals surface area contributed by atoms with Crippen molar-refractivity contribution in [3.05, 3.63) is 101 Å². The second kappa shape index (κ2) is 11.7. The molecule has 1 aromatic carbocycles. The predicted octanol–water partition coefficient (Wildman–Crippen LogP) is 6.51. The van der Waals surface area contributed by atoms with E-state index in [1.54, 1.807) is 12.1 Å². The highest BCUT2D eigenvalue weighted by Gasteiger charge is 1.91. The molecule has 0 fully saturated rings. The van der Waals surface area contributed by atoms with Crippen LogP contribution in [0.5, 0.6) is 0 Å². The molecule has 0 aliphatic carbocycles. The number of hydrogen-bond donors (Lipinski definition) is 0. The van der Waals surface area contributed by atoms with Gasteiger partial charge in [0.2, 0.25) is 0 Å². The van der Waals surface area contributed by atoms with Crippen molar-refractivity contribution in [1.82, 2.24) is 9.97 Å². The average Bonchev–Trinajstić information content (AvgIpc) is 2.65. The first-order valence-corrected chi connectivity index (χ1v) is 9.04. The minimum absolute atomic E-state index is 0.144. The maximum Gasteiger partial charge on any atom is 0.123 e. The summed E-state index contributed by atoms with van der Waals surface area (Å²) in [7, 11) is 0. The fourth-order valence-electron chi connectivity index (χ4n) is 2.04. The molecular weight excluding hydrogens is 335 g/mol. The Morgan fingerprint density at radius 1 is 1.00 bits per heavy atom. The van der Waals surface area contributed by atoms with E-state index < -0.39 is 0 Å². The average molecular weight is 365 g/mol. The lowest BCUT2D eigenvalue weighted by molar-refractivity contribution is 0.625.